The zero-order valence-electron chi connectivity index (χ0n) is 14.4. The Kier molecular flexibility index (Phi) is 4.84. The number of aromatic nitrogens is 3. The summed E-state index contributed by atoms with van der Waals surface area (Å²) in [4.78, 5) is 34.8. The number of piperazine rings is 1. The van der Waals surface area contributed by atoms with E-state index in [9.17, 15) is 9.59 Å². The molecule has 0 saturated carbocycles. The molecule has 0 aliphatic carbocycles. The molecule has 0 bridgehead atoms. The van der Waals surface area contributed by atoms with Crippen LogP contribution in [0.2, 0.25) is 0 Å². The van der Waals surface area contributed by atoms with Crippen LogP contribution in [0.1, 0.15) is 27.3 Å². The fourth-order valence-electron chi connectivity index (χ4n) is 3.01. The van der Waals surface area contributed by atoms with E-state index >= 15 is 0 Å². The Morgan fingerprint density at radius 1 is 1.27 bits per heavy atom. The summed E-state index contributed by atoms with van der Waals surface area (Å²) in [6.45, 7) is 5.58. The van der Waals surface area contributed by atoms with Crippen molar-refractivity contribution < 1.29 is 4.79 Å². The van der Waals surface area contributed by atoms with Gasteiger partial charge in [0.05, 0.1) is 10.6 Å². The predicted molar refractivity (Wildman–Crippen MR) is 102 cm³/mol. The Bertz CT molecular complexity index is 971. The van der Waals surface area contributed by atoms with E-state index in [-0.39, 0.29) is 11.5 Å². The molecule has 4 rings (SSSR count). The van der Waals surface area contributed by atoms with Crippen molar-refractivity contribution in [1.82, 2.24) is 24.4 Å². The highest BCUT2D eigenvalue weighted by Gasteiger charge is 2.23. The summed E-state index contributed by atoms with van der Waals surface area (Å²) in [6.07, 6.45) is 0.795. The molecule has 1 aliphatic heterocycles. The maximum Gasteiger partial charge on any atom is 0.275 e. The molecule has 3 aromatic heterocycles. The highest BCUT2D eigenvalue weighted by molar-refractivity contribution is 7.16. The SMILES string of the molecule is CCc1nn2c(=O)cc(CN3CCN(C(=O)c4cccs4)CC3)nc2s1. The number of aryl methyl sites for hydroxylation is 1. The van der Waals surface area contributed by atoms with Crippen molar-refractivity contribution in [3.05, 3.63) is 49.5 Å². The average Bonchev–Trinajstić information content (AvgIpc) is 3.31. The summed E-state index contributed by atoms with van der Waals surface area (Å²) in [6, 6.07) is 5.33. The van der Waals surface area contributed by atoms with Crippen molar-refractivity contribution in [3.8, 4) is 0 Å². The summed E-state index contributed by atoms with van der Waals surface area (Å²) in [5.41, 5.74) is 0.631. The van der Waals surface area contributed by atoms with E-state index in [0.717, 1.165) is 35.1 Å². The predicted octanol–water partition coefficient (Wildman–Crippen LogP) is 1.73. The lowest BCUT2D eigenvalue weighted by atomic mass is 10.2. The van der Waals surface area contributed by atoms with Gasteiger partial charge >= 0.3 is 0 Å². The molecule has 0 atom stereocenters. The minimum atomic E-state index is -0.132. The Morgan fingerprint density at radius 2 is 2.08 bits per heavy atom. The van der Waals surface area contributed by atoms with Crippen molar-refractivity contribution in [2.24, 2.45) is 0 Å². The van der Waals surface area contributed by atoms with Crippen LogP contribution in [0.5, 0.6) is 0 Å². The van der Waals surface area contributed by atoms with Gasteiger partial charge in [-0.1, -0.05) is 24.3 Å². The first-order chi connectivity index (χ1) is 12.6. The molecule has 0 aromatic carbocycles. The van der Waals surface area contributed by atoms with Gasteiger partial charge in [0.2, 0.25) is 4.96 Å². The van der Waals surface area contributed by atoms with E-state index in [4.69, 9.17) is 0 Å². The molecule has 26 heavy (non-hydrogen) atoms. The van der Waals surface area contributed by atoms with E-state index in [0.29, 0.717) is 24.6 Å². The number of nitrogens with zero attached hydrogens (tertiary/aromatic N) is 5. The van der Waals surface area contributed by atoms with Gasteiger partial charge in [-0.15, -0.1) is 11.3 Å². The number of hydrogen-bond acceptors (Lipinski definition) is 7. The van der Waals surface area contributed by atoms with E-state index in [1.807, 2.05) is 29.3 Å². The lowest BCUT2D eigenvalue weighted by Gasteiger charge is -2.34. The Morgan fingerprint density at radius 3 is 2.77 bits per heavy atom. The van der Waals surface area contributed by atoms with Gasteiger partial charge in [0.25, 0.3) is 11.5 Å². The van der Waals surface area contributed by atoms with Gasteiger partial charge in [-0.05, 0) is 17.9 Å². The third-order valence-corrected chi connectivity index (χ3v) is 6.33. The van der Waals surface area contributed by atoms with E-state index in [1.54, 1.807) is 6.07 Å². The van der Waals surface area contributed by atoms with Crippen molar-refractivity contribution >= 4 is 33.5 Å². The smallest absolute Gasteiger partial charge is 0.275 e. The first-order valence-electron chi connectivity index (χ1n) is 8.58. The van der Waals surface area contributed by atoms with E-state index in [2.05, 4.69) is 15.0 Å². The molecule has 1 aliphatic rings. The third-order valence-electron chi connectivity index (χ3n) is 4.42. The summed E-state index contributed by atoms with van der Waals surface area (Å²) < 4.78 is 1.38. The summed E-state index contributed by atoms with van der Waals surface area (Å²) in [5, 5.41) is 7.11. The zero-order chi connectivity index (χ0) is 18.1. The van der Waals surface area contributed by atoms with Crippen LogP contribution >= 0.6 is 22.7 Å². The third kappa shape index (κ3) is 3.42. The van der Waals surface area contributed by atoms with Crippen LogP contribution < -0.4 is 5.56 Å². The molecule has 0 N–H and O–H groups in total. The van der Waals surface area contributed by atoms with Gasteiger partial charge in [0.15, 0.2) is 0 Å². The topological polar surface area (TPSA) is 70.8 Å². The molecule has 3 aromatic rings. The monoisotopic (exact) mass is 389 g/mol. The summed E-state index contributed by atoms with van der Waals surface area (Å²) in [7, 11) is 0. The van der Waals surface area contributed by atoms with Crippen LogP contribution in [0.4, 0.5) is 0 Å². The second-order valence-electron chi connectivity index (χ2n) is 6.18. The second-order valence-corrected chi connectivity index (χ2v) is 8.16. The minimum Gasteiger partial charge on any atom is -0.335 e. The number of carbonyl (C=O) groups excluding carboxylic acids is 1. The molecule has 0 unspecified atom stereocenters. The number of carbonyl (C=O) groups is 1. The first-order valence-corrected chi connectivity index (χ1v) is 10.3. The maximum atomic E-state index is 12.4. The van der Waals surface area contributed by atoms with Gasteiger partial charge in [-0.3, -0.25) is 14.5 Å². The molecule has 0 radical (unpaired) electrons. The second kappa shape index (κ2) is 7.26. The molecule has 9 heteroatoms. The highest BCUT2D eigenvalue weighted by Crippen LogP contribution is 2.16. The Balaban J connectivity index is 1.42. The zero-order valence-corrected chi connectivity index (χ0v) is 16.1. The number of rotatable bonds is 4. The molecule has 1 saturated heterocycles. The fourth-order valence-corrected chi connectivity index (χ4v) is 4.56. The average molecular weight is 390 g/mol. The molecule has 136 valence electrons. The highest BCUT2D eigenvalue weighted by atomic mass is 32.1. The van der Waals surface area contributed by atoms with Crippen molar-refractivity contribution in [2.75, 3.05) is 26.2 Å². The van der Waals surface area contributed by atoms with Crippen molar-refractivity contribution in [3.63, 3.8) is 0 Å². The number of amides is 1. The first kappa shape index (κ1) is 17.3. The van der Waals surface area contributed by atoms with E-state index < -0.39 is 0 Å². The van der Waals surface area contributed by atoms with Crippen LogP contribution in [-0.2, 0) is 13.0 Å². The largest absolute Gasteiger partial charge is 0.335 e. The number of fused-ring (bicyclic) bond motifs is 1. The Hall–Kier alpha value is -2.10. The quantitative estimate of drug-likeness (QED) is 0.680. The molecule has 1 amide bonds. The molecular formula is C17H19N5O2S2. The van der Waals surface area contributed by atoms with Gasteiger partial charge in [0, 0.05) is 38.8 Å². The molecule has 0 spiro atoms. The molecule has 1 fully saturated rings. The molecular weight excluding hydrogens is 370 g/mol. The van der Waals surface area contributed by atoms with Gasteiger partial charge < -0.3 is 4.90 Å². The van der Waals surface area contributed by atoms with Crippen LogP contribution in [-0.4, -0.2) is 56.5 Å². The summed E-state index contributed by atoms with van der Waals surface area (Å²) >= 11 is 2.94. The fraction of sp³-hybridized carbons (Fsp3) is 0.412. The number of hydrogen-bond donors (Lipinski definition) is 0. The van der Waals surface area contributed by atoms with Crippen LogP contribution in [0.25, 0.3) is 4.96 Å². The van der Waals surface area contributed by atoms with Gasteiger partial charge in [0.1, 0.15) is 5.01 Å². The maximum absolute atomic E-state index is 12.4. The Labute approximate surface area is 158 Å². The lowest BCUT2D eigenvalue weighted by molar-refractivity contribution is 0.0632. The number of thiophene rings is 1. The standard InChI is InChI=1S/C17H19N5O2S2/c1-2-14-19-22-15(23)10-12(18-17(22)26-14)11-20-5-7-21(8-6-20)16(24)13-4-3-9-25-13/h3-4,9-10H,2,5-8,11H2,1H3. The van der Waals surface area contributed by atoms with Crippen LogP contribution in [0.15, 0.2) is 28.4 Å². The summed E-state index contributed by atoms with van der Waals surface area (Å²) in [5.74, 6) is 0.106. The normalized spacial score (nSPS) is 15.7. The van der Waals surface area contributed by atoms with Gasteiger partial charge in [-0.2, -0.15) is 9.61 Å². The molecule has 7 nitrogen and oxygen atoms in total. The molecule has 4 heterocycles. The van der Waals surface area contributed by atoms with Crippen LogP contribution in [0.3, 0.4) is 0 Å². The van der Waals surface area contributed by atoms with E-state index in [1.165, 1.54) is 27.2 Å². The van der Waals surface area contributed by atoms with Crippen molar-refractivity contribution in [1.29, 1.82) is 0 Å². The lowest BCUT2D eigenvalue weighted by Crippen LogP contribution is -2.48. The van der Waals surface area contributed by atoms with Crippen LogP contribution in [0, 0.1) is 0 Å². The van der Waals surface area contributed by atoms with Crippen molar-refractivity contribution in [2.45, 2.75) is 19.9 Å². The van der Waals surface area contributed by atoms with Gasteiger partial charge in [-0.25, -0.2) is 4.98 Å². The minimum absolute atomic E-state index is 0.106.